The van der Waals surface area contributed by atoms with E-state index in [9.17, 15) is 4.79 Å². The molecule has 36 heavy (non-hydrogen) atoms. The summed E-state index contributed by atoms with van der Waals surface area (Å²) < 4.78 is 17.6. The summed E-state index contributed by atoms with van der Waals surface area (Å²) in [7, 11) is 0. The lowest BCUT2D eigenvalue weighted by Crippen LogP contribution is -2.00. The first-order chi connectivity index (χ1) is 17.6. The molecule has 0 saturated heterocycles. The Balaban J connectivity index is 1.60. The molecule has 0 fully saturated rings. The van der Waals surface area contributed by atoms with Gasteiger partial charge in [0.1, 0.15) is 23.6 Å². The third kappa shape index (κ3) is 3.77. The van der Waals surface area contributed by atoms with Crippen LogP contribution in [0.4, 0.5) is 0 Å². The lowest BCUT2D eigenvalue weighted by Gasteiger charge is -2.16. The minimum absolute atomic E-state index is 0.410. The number of aryl methyl sites for hydroxylation is 2. The molecule has 0 amide bonds. The van der Waals surface area contributed by atoms with Crippen LogP contribution in [-0.2, 0) is 13.0 Å². The maximum atomic E-state index is 12.0. The number of H-pyrrole nitrogens is 1. The maximum absolute atomic E-state index is 12.0. The highest BCUT2D eigenvalue weighted by Crippen LogP contribution is 2.40. The van der Waals surface area contributed by atoms with Crippen molar-refractivity contribution in [2.45, 2.75) is 26.9 Å². The number of benzene rings is 3. The SMILES string of the molecule is CCc1ccc(OCc2ccccc2)c2c(-c3cc(=O)o[nH]3)cc(-c3oc4ccccc4c3C)nc12. The normalized spacial score (nSPS) is 11.4. The van der Waals surface area contributed by atoms with Crippen molar-refractivity contribution >= 4 is 21.9 Å². The molecule has 3 aromatic carbocycles. The van der Waals surface area contributed by atoms with Crippen molar-refractivity contribution in [2.75, 3.05) is 0 Å². The van der Waals surface area contributed by atoms with Crippen molar-refractivity contribution in [3.63, 3.8) is 0 Å². The van der Waals surface area contributed by atoms with Gasteiger partial charge >= 0.3 is 5.63 Å². The van der Waals surface area contributed by atoms with E-state index >= 15 is 0 Å². The molecule has 6 nitrogen and oxygen atoms in total. The van der Waals surface area contributed by atoms with Crippen LogP contribution >= 0.6 is 0 Å². The zero-order chi connectivity index (χ0) is 24.6. The number of nitrogens with one attached hydrogen (secondary N) is 1. The average molecular weight is 477 g/mol. The van der Waals surface area contributed by atoms with Gasteiger partial charge in [0.25, 0.3) is 0 Å². The Kier molecular flexibility index (Phi) is 5.41. The molecule has 0 atom stereocenters. The second-order valence-corrected chi connectivity index (χ2v) is 8.76. The topological polar surface area (TPSA) is 81.3 Å². The van der Waals surface area contributed by atoms with Crippen molar-refractivity contribution in [1.82, 2.24) is 10.1 Å². The molecule has 0 aliphatic carbocycles. The summed E-state index contributed by atoms with van der Waals surface area (Å²) >= 11 is 0. The Labute approximate surface area is 207 Å². The van der Waals surface area contributed by atoms with E-state index in [1.165, 1.54) is 6.07 Å². The van der Waals surface area contributed by atoms with Crippen LogP contribution in [0.25, 0.3) is 44.6 Å². The average Bonchev–Trinajstić information content (AvgIpc) is 3.50. The number of aromatic amines is 1. The van der Waals surface area contributed by atoms with Gasteiger partial charge in [0, 0.05) is 16.5 Å². The van der Waals surface area contributed by atoms with Gasteiger partial charge in [-0.25, -0.2) is 14.9 Å². The Morgan fingerprint density at radius 3 is 2.53 bits per heavy atom. The number of furan rings is 1. The molecule has 1 N–H and O–H groups in total. The standard InChI is InChI=1S/C30H24N2O4/c1-3-20-13-14-26(34-17-19-9-5-4-6-10-19)28-22(23-16-27(33)36-32-23)15-24(31-29(20)28)30-18(2)21-11-7-8-12-25(21)35-30/h4-16,32H,3,17H2,1-2H3. The molecule has 0 aliphatic heterocycles. The molecule has 0 radical (unpaired) electrons. The van der Waals surface area contributed by atoms with E-state index in [2.05, 4.69) is 12.1 Å². The molecule has 0 bridgehead atoms. The lowest BCUT2D eigenvalue weighted by molar-refractivity contribution is 0.310. The molecule has 3 heterocycles. The number of hydrogen-bond donors (Lipinski definition) is 1. The van der Waals surface area contributed by atoms with Gasteiger partial charge in [-0.3, -0.25) is 0 Å². The summed E-state index contributed by atoms with van der Waals surface area (Å²) in [4.78, 5) is 17.1. The van der Waals surface area contributed by atoms with E-state index in [4.69, 9.17) is 18.7 Å². The summed E-state index contributed by atoms with van der Waals surface area (Å²) in [5, 5.41) is 4.63. The molecule has 0 spiro atoms. The van der Waals surface area contributed by atoms with Crippen molar-refractivity contribution in [1.29, 1.82) is 0 Å². The number of para-hydroxylation sites is 1. The summed E-state index contributed by atoms with van der Waals surface area (Å²) in [5.41, 5.74) is 6.31. The summed E-state index contributed by atoms with van der Waals surface area (Å²) in [6.07, 6.45) is 0.784. The lowest BCUT2D eigenvalue weighted by atomic mass is 9.98. The number of aromatic nitrogens is 2. The van der Waals surface area contributed by atoms with Crippen molar-refractivity contribution in [3.05, 3.63) is 106 Å². The van der Waals surface area contributed by atoms with Crippen LogP contribution in [0.1, 0.15) is 23.6 Å². The van der Waals surface area contributed by atoms with Gasteiger partial charge in [-0.15, -0.1) is 0 Å². The van der Waals surface area contributed by atoms with E-state index in [0.29, 0.717) is 29.5 Å². The Hall–Kier alpha value is -4.58. The van der Waals surface area contributed by atoms with Crippen LogP contribution < -0.4 is 10.4 Å². The maximum Gasteiger partial charge on any atom is 0.357 e. The smallest absolute Gasteiger partial charge is 0.357 e. The van der Waals surface area contributed by atoms with Crippen LogP contribution in [0, 0.1) is 6.92 Å². The van der Waals surface area contributed by atoms with E-state index in [-0.39, 0.29) is 0 Å². The van der Waals surface area contributed by atoms with E-state index in [0.717, 1.165) is 50.5 Å². The molecule has 6 heteroatoms. The molecular formula is C30H24N2O4. The minimum atomic E-state index is -0.449. The van der Waals surface area contributed by atoms with Crippen LogP contribution in [0.15, 0.2) is 92.6 Å². The number of pyridine rings is 1. The van der Waals surface area contributed by atoms with Crippen molar-refractivity contribution in [3.8, 4) is 28.5 Å². The van der Waals surface area contributed by atoms with Gasteiger partial charge in [0.05, 0.1) is 22.7 Å². The fourth-order valence-electron chi connectivity index (χ4n) is 4.67. The van der Waals surface area contributed by atoms with Crippen LogP contribution in [0.3, 0.4) is 0 Å². The van der Waals surface area contributed by atoms with Gasteiger partial charge in [0.2, 0.25) is 0 Å². The van der Waals surface area contributed by atoms with Gasteiger partial charge < -0.3 is 13.7 Å². The van der Waals surface area contributed by atoms with Crippen molar-refractivity contribution in [2.24, 2.45) is 0 Å². The molecule has 3 aromatic heterocycles. The second-order valence-electron chi connectivity index (χ2n) is 8.76. The number of hydrogen-bond acceptors (Lipinski definition) is 5. The Morgan fingerprint density at radius 2 is 1.78 bits per heavy atom. The zero-order valence-electron chi connectivity index (χ0n) is 20.0. The van der Waals surface area contributed by atoms with Crippen molar-refractivity contribution < 1.29 is 13.7 Å². The molecule has 0 unspecified atom stereocenters. The molecule has 0 aliphatic rings. The monoisotopic (exact) mass is 476 g/mol. The van der Waals surface area contributed by atoms with E-state index < -0.39 is 5.63 Å². The molecular weight excluding hydrogens is 452 g/mol. The van der Waals surface area contributed by atoms with Gasteiger partial charge in [-0.1, -0.05) is 61.5 Å². The molecule has 6 rings (SSSR count). The summed E-state index contributed by atoms with van der Waals surface area (Å²) in [6.45, 7) is 4.54. The number of nitrogens with zero attached hydrogens (tertiary/aromatic N) is 1. The highest BCUT2D eigenvalue weighted by molar-refractivity contribution is 6.02. The second kappa shape index (κ2) is 8.89. The zero-order valence-corrected chi connectivity index (χ0v) is 20.0. The number of fused-ring (bicyclic) bond motifs is 2. The highest BCUT2D eigenvalue weighted by atomic mass is 16.5. The number of rotatable bonds is 6. The van der Waals surface area contributed by atoms with E-state index in [1.54, 1.807) is 0 Å². The summed E-state index contributed by atoms with van der Waals surface area (Å²) in [6, 6.07) is 25.4. The third-order valence-electron chi connectivity index (χ3n) is 6.51. The minimum Gasteiger partial charge on any atom is -0.488 e. The molecule has 178 valence electrons. The fraction of sp³-hybridized carbons (Fsp3) is 0.133. The van der Waals surface area contributed by atoms with Crippen LogP contribution in [0.5, 0.6) is 5.75 Å². The largest absolute Gasteiger partial charge is 0.488 e. The highest BCUT2D eigenvalue weighted by Gasteiger charge is 2.21. The van der Waals surface area contributed by atoms with Gasteiger partial charge in [0.15, 0.2) is 5.76 Å². The first-order valence-electron chi connectivity index (χ1n) is 11.9. The summed E-state index contributed by atoms with van der Waals surface area (Å²) in [5.74, 6) is 1.38. The van der Waals surface area contributed by atoms with Gasteiger partial charge in [-0.2, -0.15) is 0 Å². The quantitative estimate of drug-likeness (QED) is 0.279. The third-order valence-corrected chi connectivity index (χ3v) is 6.51. The van der Waals surface area contributed by atoms with Crippen LogP contribution in [0.2, 0.25) is 0 Å². The van der Waals surface area contributed by atoms with Crippen LogP contribution in [-0.4, -0.2) is 10.1 Å². The fourth-order valence-corrected chi connectivity index (χ4v) is 4.67. The Bertz CT molecular complexity index is 1760. The predicted octanol–water partition coefficient (Wildman–Crippen LogP) is 7.05. The molecule has 0 saturated carbocycles. The Morgan fingerprint density at radius 1 is 0.972 bits per heavy atom. The molecule has 6 aromatic rings. The number of ether oxygens (including phenoxy) is 1. The first-order valence-corrected chi connectivity index (χ1v) is 11.9. The van der Waals surface area contributed by atoms with E-state index in [1.807, 2.05) is 79.7 Å². The first kappa shape index (κ1) is 21.9. The van der Waals surface area contributed by atoms with Gasteiger partial charge in [-0.05, 0) is 42.7 Å². The predicted molar refractivity (Wildman–Crippen MR) is 140 cm³/mol.